The minimum Gasteiger partial charge on any atom is -0.338 e. The Morgan fingerprint density at radius 2 is 1.75 bits per heavy atom. The molecule has 2 heterocycles. The molecule has 5 rings (SSSR count). The van der Waals surface area contributed by atoms with E-state index in [1.165, 1.54) is 16.0 Å². The number of benzene rings is 3. The molecule has 0 bridgehead atoms. The van der Waals surface area contributed by atoms with Gasteiger partial charge in [0.05, 0.1) is 6.54 Å². The van der Waals surface area contributed by atoms with E-state index in [2.05, 4.69) is 109 Å². The van der Waals surface area contributed by atoms with Crippen LogP contribution in [0.15, 0.2) is 82.2 Å². The first kappa shape index (κ1) is 28.1. The number of nitrogens with one attached hydrogen (secondary N) is 1. The molecule has 0 unspecified atom stereocenters. The van der Waals surface area contributed by atoms with E-state index in [0.29, 0.717) is 18.3 Å². The van der Waals surface area contributed by atoms with Gasteiger partial charge in [-0.05, 0) is 73.2 Å². The molecule has 1 aliphatic heterocycles. The van der Waals surface area contributed by atoms with E-state index in [4.69, 9.17) is 4.52 Å². The number of hydrogen-bond acceptors (Lipinski definition) is 6. The quantitative estimate of drug-likeness (QED) is 0.228. The normalized spacial score (nSPS) is 14.8. The zero-order valence-electron chi connectivity index (χ0n) is 23.8. The van der Waals surface area contributed by atoms with E-state index < -0.39 is 0 Å². The Balaban J connectivity index is 1.09. The van der Waals surface area contributed by atoms with Gasteiger partial charge in [0.1, 0.15) is 0 Å². The molecule has 1 amide bonds. The second kappa shape index (κ2) is 12.4. The highest BCUT2D eigenvalue weighted by Gasteiger charge is 2.26. The van der Waals surface area contributed by atoms with Gasteiger partial charge in [0.25, 0.3) is 0 Å². The monoisotopic (exact) mass is 554 g/mol. The minimum absolute atomic E-state index is 0.00328. The van der Waals surface area contributed by atoms with Crippen molar-refractivity contribution < 1.29 is 9.32 Å². The largest absolute Gasteiger partial charge is 0.338 e. The van der Waals surface area contributed by atoms with Crippen LogP contribution in [0.2, 0.25) is 0 Å². The maximum absolute atomic E-state index is 13.1. The minimum atomic E-state index is 0.00328. The molecule has 0 spiro atoms. The summed E-state index contributed by atoms with van der Waals surface area (Å²) in [5.74, 6) is 2.24. The van der Waals surface area contributed by atoms with Crippen LogP contribution in [0, 0.1) is 12.8 Å². The van der Waals surface area contributed by atoms with Gasteiger partial charge in [-0.1, -0.05) is 80.5 Å². The van der Waals surface area contributed by atoms with Gasteiger partial charge in [-0.2, -0.15) is 4.98 Å². The smallest absolute Gasteiger partial charge is 0.241 e. The van der Waals surface area contributed by atoms with E-state index in [9.17, 15) is 4.79 Å². The van der Waals surface area contributed by atoms with Gasteiger partial charge in [-0.3, -0.25) is 9.69 Å². The Labute approximate surface area is 241 Å². The van der Waals surface area contributed by atoms with Crippen molar-refractivity contribution in [2.45, 2.75) is 63.1 Å². The summed E-state index contributed by atoms with van der Waals surface area (Å²) in [7, 11) is 0. The highest BCUT2D eigenvalue weighted by Crippen LogP contribution is 2.28. The first-order valence-corrected chi connectivity index (χ1v) is 15.0. The summed E-state index contributed by atoms with van der Waals surface area (Å²) in [5.41, 5.74) is 5.58. The molecule has 1 N–H and O–H groups in total. The average molecular weight is 555 g/mol. The number of carbonyl (C=O) groups is 1. The number of hydrogen-bond donors (Lipinski definition) is 1. The molecule has 208 valence electrons. The van der Waals surface area contributed by atoms with Crippen LogP contribution in [0.25, 0.3) is 11.4 Å². The molecule has 1 aromatic heterocycles. The molecule has 0 atom stereocenters. The summed E-state index contributed by atoms with van der Waals surface area (Å²) in [5, 5.41) is 7.37. The lowest BCUT2D eigenvalue weighted by atomic mass is 9.87. The number of anilines is 1. The van der Waals surface area contributed by atoms with Gasteiger partial charge >= 0.3 is 0 Å². The number of piperidine rings is 1. The number of rotatable bonds is 8. The standard InChI is InChI=1S/C33H38N4O2S/c1-23-20-24(22-40-28-8-6-5-7-9-28)10-15-29(23)34-32(38)26-16-18-37(19-17-26)21-30-35-31(36-39-30)25-11-13-27(14-12-25)33(2,3)4/h5-15,20,26H,16-19,21-22H2,1-4H3,(H,34,38). The molecule has 1 saturated heterocycles. The third-order valence-electron chi connectivity index (χ3n) is 7.49. The Bertz CT molecular complexity index is 1420. The first-order chi connectivity index (χ1) is 19.2. The zero-order valence-corrected chi connectivity index (χ0v) is 24.6. The summed E-state index contributed by atoms with van der Waals surface area (Å²) >= 11 is 1.82. The predicted molar refractivity (Wildman–Crippen MR) is 162 cm³/mol. The number of nitrogens with zero attached hydrogens (tertiary/aromatic N) is 3. The van der Waals surface area contributed by atoms with Crippen LogP contribution in [0.1, 0.15) is 56.2 Å². The van der Waals surface area contributed by atoms with Gasteiger partial charge in [0, 0.05) is 27.8 Å². The van der Waals surface area contributed by atoms with E-state index >= 15 is 0 Å². The van der Waals surface area contributed by atoms with Crippen molar-refractivity contribution in [1.82, 2.24) is 15.0 Å². The number of amides is 1. The topological polar surface area (TPSA) is 71.3 Å². The van der Waals surface area contributed by atoms with Crippen LogP contribution < -0.4 is 5.32 Å². The lowest BCUT2D eigenvalue weighted by Crippen LogP contribution is -2.37. The van der Waals surface area contributed by atoms with Crippen molar-refractivity contribution in [3.05, 3.63) is 95.4 Å². The molecule has 6 nitrogen and oxygen atoms in total. The molecule has 0 saturated carbocycles. The van der Waals surface area contributed by atoms with Crippen LogP contribution in [-0.4, -0.2) is 34.0 Å². The number of aryl methyl sites for hydroxylation is 1. The Hall–Kier alpha value is -3.42. The van der Waals surface area contributed by atoms with Crippen molar-refractivity contribution in [2.75, 3.05) is 18.4 Å². The van der Waals surface area contributed by atoms with Crippen LogP contribution in [0.3, 0.4) is 0 Å². The Kier molecular flexibility index (Phi) is 8.72. The van der Waals surface area contributed by atoms with Gasteiger partial charge in [0.2, 0.25) is 17.6 Å². The lowest BCUT2D eigenvalue weighted by Gasteiger charge is -2.30. The predicted octanol–water partition coefficient (Wildman–Crippen LogP) is 7.49. The molecule has 3 aromatic carbocycles. The van der Waals surface area contributed by atoms with E-state index in [1.807, 2.05) is 23.9 Å². The average Bonchev–Trinajstić information content (AvgIpc) is 3.42. The molecule has 0 radical (unpaired) electrons. The maximum Gasteiger partial charge on any atom is 0.241 e. The summed E-state index contributed by atoms with van der Waals surface area (Å²) in [6, 6.07) is 25.1. The van der Waals surface area contributed by atoms with Crippen LogP contribution in [-0.2, 0) is 22.5 Å². The SMILES string of the molecule is Cc1cc(CSc2ccccc2)ccc1NC(=O)C1CCN(Cc2nc(-c3ccc(C(C)(C)C)cc3)no2)CC1. The van der Waals surface area contributed by atoms with Crippen LogP contribution in [0.5, 0.6) is 0 Å². The fourth-order valence-electron chi connectivity index (χ4n) is 4.97. The van der Waals surface area contributed by atoms with Crippen molar-refractivity contribution in [3.8, 4) is 11.4 Å². The number of carbonyl (C=O) groups excluding carboxylic acids is 1. The zero-order chi connectivity index (χ0) is 28.1. The maximum atomic E-state index is 13.1. The molecule has 4 aromatic rings. The fourth-order valence-corrected chi connectivity index (χ4v) is 5.84. The van der Waals surface area contributed by atoms with Gasteiger partial charge < -0.3 is 9.84 Å². The number of aromatic nitrogens is 2. The lowest BCUT2D eigenvalue weighted by molar-refractivity contribution is -0.121. The summed E-state index contributed by atoms with van der Waals surface area (Å²) in [6.45, 7) is 10.9. The Morgan fingerprint density at radius 1 is 1.02 bits per heavy atom. The molecule has 7 heteroatoms. The summed E-state index contributed by atoms with van der Waals surface area (Å²) in [4.78, 5) is 21.2. The third kappa shape index (κ3) is 7.20. The third-order valence-corrected chi connectivity index (χ3v) is 8.58. The molecule has 1 aliphatic rings. The summed E-state index contributed by atoms with van der Waals surface area (Å²) in [6.07, 6.45) is 1.62. The molecule has 0 aliphatic carbocycles. The highest BCUT2D eigenvalue weighted by molar-refractivity contribution is 7.98. The first-order valence-electron chi connectivity index (χ1n) is 14.0. The fraction of sp³-hybridized carbons (Fsp3) is 0.364. The second-order valence-electron chi connectivity index (χ2n) is 11.6. The molecule has 40 heavy (non-hydrogen) atoms. The Morgan fingerprint density at radius 3 is 2.42 bits per heavy atom. The van der Waals surface area contributed by atoms with Gasteiger partial charge in [-0.25, -0.2) is 0 Å². The van der Waals surface area contributed by atoms with E-state index in [-0.39, 0.29) is 17.2 Å². The van der Waals surface area contributed by atoms with E-state index in [0.717, 1.165) is 48.5 Å². The number of thioether (sulfide) groups is 1. The molecular formula is C33H38N4O2S. The second-order valence-corrected chi connectivity index (χ2v) is 12.7. The van der Waals surface area contributed by atoms with Crippen molar-refractivity contribution in [2.24, 2.45) is 5.92 Å². The number of likely N-dealkylation sites (tertiary alicyclic amines) is 1. The van der Waals surface area contributed by atoms with Crippen LogP contribution >= 0.6 is 11.8 Å². The van der Waals surface area contributed by atoms with Crippen molar-refractivity contribution in [1.29, 1.82) is 0 Å². The van der Waals surface area contributed by atoms with Gasteiger partial charge in [0.15, 0.2) is 0 Å². The van der Waals surface area contributed by atoms with Crippen molar-refractivity contribution in [3.63, 3.8) is 0 Å². The summed E-state index contributed by atoms with van der Waals surface area (Å²) < 4.78 is 5.55. The molecule has 1 fully saturated rings. The van der Waals surface area contributed by atoms with E-state index in [1.54, 1.807) is 0 Å². The molecular weight excluding hydrogens is 516 g/mol. The highest BCUT2D eigenvalue weighted by atomic mass is 32.2. The van der Waals surface area contributed by atoms with Gasteiger partial charge in [-0.15, -0.1) is 11.8 Å². The van der Waals surface area contributed by atoms with Crippen molar-refractivity contribution >= 4 is 23.4 Å². The van der Waals surface area contributed by atoms with Crippen LogP contribution in [0.4, 0.5) is 5.69 Å².